The van der Waals surface area contributed by atoms with Crippen molar-refractivity contribution in [2.45, 2.75) is 17.2 Å². The van der Waals surface area contributed by atoms with Crippen LogP contribution in [-0.4, -0.2) is 27.4 Å². The van der Waals surface area contributed by atoms with Gasteiger partial charge in [-0.1, -0.05) is 47.5 Å². The van der Waals surface area contributed by atoms with Crippen molar-refractivity contribution < 1.29 is 13.2 Å². The molecule has 1 saturated carbocycles. The first-order chi connectivity index (χ1) is 12.4. The van der Waals surface area contributed by atoms with E-state index in [2.05, 4.69) is 10.0 Å². The standard InChI is InChI=1S/C18H18Cl2N2O3S/c19-12-4-3-5-13(10-12)26(24,25)22-9-8-21-18(23)16-11-15(16)14-6-1-2-7-17(14)20/h1-7,10,15-16,22H,8-9,11H2,(H,21,23). The number of carbonyl (C=O) groups excluding carboxylic acids is 1. The molecule has 1 aliphatic rings. The molecule has 1 aliphatic carbocycles. The molecular formula is C18H18Cl2N2O3S. The van der Waals surface area contributed by atoms with Crippen molar-refractivity contribution >= 4 is 39.1 Å². The smallest absolute Gasteiger partial charge is 0.240 e. The van der Waals surface area contributed by atoms with Crippen molar-refractivity contribution in [3.8, 4) is 0 Å². The van der Waals surface area contributed by atoms with Crippen LogP contribution in [0.15, 0.2) is 53.4 Å². The molecule has 3 rings (SSSR count). The lowest BCUT2D eigenvalue weighted by Crippen LogP contribution is -2.35. The van der Waals surface area contributed by atoms with Crippen LogP contribution in [0.1, 0.15) is 17.9 Å². The van der Waals surface area contributed by atoms with Gasteiger partial charge in [0.2, 0.25) is 15.9 Å². The van der Waals surface area contributed by atoms with Crippen molar-refractivity contribution in [3.63, 3.8) is 0 Å². The second-order valence-electron chi connectivity index (χ2n) is 6.12. The number of benzene rings is 2. The van der Waals surface area contributed by atoms with E-state index in [9.17, 15) is 13.2 Å². The summed E-state index contributed by atoms with van der Waals surface area (Å²) in [6, 6.07) is 13.5. The fourth-order valence-electron chi connectivity index (χ4n) is 2.82. The zero-order valence-corrected chi connectivity index (χ0v) is 16.1. The molecule has 1 amide bonds. The molecule has 26 heavy (non-hydrogen) atoms. The second-order valence-corrected chi connectivity index (χ2v) is 8.73. The highest BCUT2D eigenvalue weighted by Crippen LogP contribution is 2.49. The van der Waals surface area contributed by atoms with Gasteiger partial charge in [-0.2, -0.15) is 0 Å². The molecule has 0 aliphatic heterocycles. The number of hydrogen-bond acceptors (Lipinski definition) is 3. The van der Waals surface area contributed by atoms with Gasteiger partial charge in [0, 0.05) is 29.1 Å². The summed E-state index contributed by atoms with van der Waals surface area (Å²) in [6.07, 6.45) is 0.754. The minimum atomic E-state index is -3.65. The van der Waals surface area contributed by atoms with Gasteiger partial charge in [0.15, 0.2) is 0 Å². The van der Waals surface area contributed by atoms with Crippen molar-refractivity contribution in [1.29, 1.82) is 0 Å². The number of carbonyl (C=O) groups is 1. The van der Waals surface area contributed by atoms with Gasteiger partial charge in [0.25, 0.3) is 0 Å². The summed E-state index contributed by atoms with van der Waals surface area (Å²) < 4.78 is 26.8. The lowest BCUT2D eigenvalue weighted by Gasteiger charge is -2.08. The molecule has 8 heteroatoms. The van der Waals surface area contributed by atoms with Crippen LogP contribution in [0, 0.1) is 5.92 Å². The molecule has 0 saturated heterocycles. The summed E-state index contributed by atoms with van der Waals surface area (Å²) in [6.45, 7) is 0.314. The van der Waals surface area contributed by atoms with Crippen molar-refractivity contribution in [2.24, 2.45) is 5.92 Å². The molecule has 138 valence electrons. The van der Waals surface area contributed by atoms with E-state index in [4.69, 9.17) is 23.2 Å². The molecule has 2 N–H and O–H groups in total. The predicted molar refractivity (Wildman–Crippen MR) is 102 cm³/mol. The van der Waals surface area contributed by atoms with Gasteiger partial charge in [0.1, 0.15) is 0 Å². The van der Waals surface area contributed by atoms with Gasteiger partial charge in [-0.05, 0) is 42.2 Å². The van der Waals surface area contributed by atoms with Gasteiger partial charge in [0.05, 0.1) is 4.90 Å². The molecule has 2 aromatic carbocycles. The van der Waals surface area contributed by atoms with E-state index in [0.717, 1.165) is 12.0 Å². The minimum Gasteiger partial charge on any atom is -0.355 e. The number of amides is 1. The van der Waals surface area contributed by atoms with Crippen LogP contribution in [0.5, 0.6) is 0 Å². The Kier molecular flexibility index (Phi) is 5.87. The second kappa shape index (κ2) is 7.96. The summed E-state index contributed by atoms with van der Waals surface area (Å²) in [4.78, 5) is 12.3. The van der Waals surface area contributed by atoms with E-state index in [0.29, 0.717) is 10.0 Å². The maximum Gasteiger partial charge on any atom is 0.240 e. The van der Waals surface area contributed by atoms with E-state index in [1.165, 1.54) is 12.1 Å². The minimum absolute atomic E-state index is 0.0862. The van der Waals surface area contributed by atoms with Crippen LogP contribution >= 0.6 is 23.2 Å². The molecule has 0 aromatic heterocycles. The first-order valence-corrected chi connectivity index (χ1v) is 10.4. The predicted octanol–water partition coefficient (Wildman–Crippen LogP) is 3.19. The molecular weight excluding hydrogens is 395 g/mol. The Balaban J connectivity index is 1.46. The first kappa shape index (κ1) is 19.2. The van der Waals surface area contributed by atoms with E-state index < -0.39 is 10.0 Å². The summed E-state index contributed by atoms with van der Waals surface area (Å²) >= 11 is 12.0. The fraction of sp³-hybridized carbons (Fsp3) is 0.278. The molecule has 0 heterocycles. The quantitative estimate of drug-likeness (QED) is 0.685. The molecule has 5 nitrogen and oxygen atoms in total. The SMILES string of the molecule is O=C(NCCNS(=O)(=O)c1cccc(Cl)c1)C1CC1c1ccccc1Cl. The molecule has 2 unspecified atom stereocenters. The Morgan fingerprint density at radius 1 is 1.08 bits per heavy atom. The Hall–Kier alpha value is -1.60. The zero-order chi connectivity index (χ0) is 18.7. The van der Waals surface area contributed by atoms with Crippen molar-refractivity contribution in [3.05, 3.63) is 64.1 Å². The highest BCUT2D eigenvalue weighted by molar-refractivity contribution is 7.89. The molecule has 2 aromatic rings. The van der Waals surface area contributed by atoms with Crippen LogP contribution in [0.4, 0.5) is 0 Å². The molecule has 1 fully saturated rings. The van der Waals surface area contributed by atoms with Gasteiger partial charge in [-0.3, -0.25) is 4.79 Å². The Morgan fingerprint density at radius 3 is 2.58 bits per heavy atom. The van der Waals surface area contributed by atoms with E-state index >= 15 is 0 Å². The first-order valence-electron chi connectivity index (χ1n) is 8.16. The molecule has 0 bridgehead atoms. The summed E-state index contributed by atoms with van der Waals surface area (Å²) in [5.74, 6) is -0.0665. The number of nitrogens with one attached hydrogen (secondary N) is 2. The van der Waals surface area contributed by atoms with Gasteiger partial charge < -0.3 is 5.32 Å². The average molecular weight is 413 g/mol. The van der Waals surface area contributed by atoms with Gasteiger partial charge in [-0.15, -0.1) is 0 Å². The van der Waals surface area contributed by atoms with E-state index in [-0.39, 0.29) is 35.7 Å². The topological polar surface area (TPSA) is 75.3 Å². The zero-order valence-electron chi connectivity index (χ0n) is 13.8. The van der Waals surface area contributed by atoms with Crippen molar-refractivity contribution in [2.75, 3.05) is 13.1 Å². The lowest BCUT2D eigenvalue weighted by molar-refractivity contribution is -0.122. The number of sulfonamides is 1. The van der Waals surface area contributed by atoms with Crippen LogP contribution < -0.4 is 10.0 Å². The Labute approximate surface area is 162 Å². The number of halogens is 2. The van der Waals surface area contributed by atoms with Crippen LogP contribution in [0.3, 0.4) is 0 Å². The Morgan fingerprint density at radius 2 is 1.85 bits per heavy atom. The fourth-order valence-corrected chi connectivity index (χ4v) is 4.43. The Bertz CT molecular complexity index is 918. The van der Waals surface area contributed by atoms with E-state index in [1.54, 1.807) is 12.1 Å². The average Bonchev–Trinajstić information content (AvgIpc) is 3.39. The normalized spacial score (nSPS) is 19.2. The number of rotatable bonds is 7. The lowest BCUT2D eigenvalue weighted by atomic mass is 10.1. The van der Waals surface area contributed by atoms with Gasteiger partial charge in [-0.25, -0.2) is 13.1 Å². The largest absolute Gasteiger partial charge is 0.355 e. The van der Waals surface area contributed by atoms with Crippen molar-refractivity contribution in [1.82, 2.24) is 10.0 Å². The maximum atomic E-state index is 12.2. The third-order valence-corrected chi connectivity index (χ3v) is 6.29. The van der Waals surface area contributed by atoms with E-state index in [1.807, 2.05) is 24.3 Å². The molecule has 0 radical (unpaired) electrons. The summed E-state index contributed by atoms with van der Waals surface area (Å²) in [5.41, 5.74) is 0.982. The van der Waals surface area contributed by atoms with Crippen LogP contribution in [0.2, 0.25) is 10.0 Å². The highest BCUT2D eigenvalue weighted by Gasteiger charge is 2.44. The summed E-state index contributed by atoms with van der Waals surface area (Å²) in [7, 11) is -3.65. The summed E-state index contributed by atoms with van der Waals surface area (Å²) in [5, 5.41) is 3.78. The third-order valence-electron chi connectivity index (χ3n) is 4.25. The van der Waals surface area contributed by atoms with Crippen LogP contribution in [-0.2, 0) is 14.8 Å². The van der Waals surface area contributed by atoms with Gasteiger partial charge >= 0.3 is 0 Å². The number of hydrogen-bond donors (Lipinski definition) is 2. The third kappa shape index (κ3) is 4.57. The highest BCUT2D eigenvalue weighted by atomic mass is 35.5. The monoisotopic (exact) mass is 412 g/mol. The van der Waals surface area contributed by atoms with Crippen LogP contribution in [0.25, 0.3) is 0 Å². The maximum absolute atomic E-state index is 12.2. The molecule has 0 spiro atoms. The molecule has 2 atom stereocenters.